The third kappa shape index (κ3) is 2.48. The molecule has 0 aliphatic carbocycles. The zero-order valence-corrected chi connectivity index (χ0v) is 10.1. The van der Waals surface area contributed by atoms with Gasteiger partial charge in [-0.1, -0.05) is 29.8 Å². The Labute approximate surface area is 105 Å². The molecular formula is C14H11ClO2. The first-order valence-electron chi connectivity index (χ1n) is 5.14. The number of methoxy groups -OCH3 is 1. The molecule has 0 aliphatic rings. The van der Waals surface area contributed by atoms with Crippen LogP contribution in [0.25, 0.3) is 11.1 Å². The van der Waals surface area contributed by atoms with Gasteiger partial charge in [0.15, 0.2) is 6.29 Å². The molecule has 0 atom stereocenters. The molecule has 0 spiro atoms. The maximum Gasteiger partial charge on any atom is 0.150 e. The minimum atomic E-state index is 0.560. The van der Waals surface area contributed by atoms with E-state index in [4.69, 9.17) is 16.3 Å². The van der Waals surface area contributed by atoms with Crippen LogP contribution in [0.4, 0.5) is 0 Å². The number of rotatable bonds is 3. The van der Waals surface area contributed by atoms with Crippen molar-refractivity contribution in [3.63, 3.8) is 0 Å². The van der Waals surface area contributed by atoms with Crippen molar-refractivity contribution in [2.75, 3.05) is 7.11 Å². The first-order valence-corrected chi connectivity index (χ1v) is 5.51. The number of carbonyl (C=O) groups is 1. The van der Waals surface area contributed by atoms with E-state index in [0.717, 1.165) is 23.2 Å². The Hall–Kier alpha value is -1.80. The van der Waals surface area contributed by atoms with Gasteiger partial charge in [0.1, 0.15) is 5.75 Å². The molecule has 0 saturated heterocycles. The normalized spacial score (nSPS) is 10.0. The molecule has 2 nitrogen and oxygen atoms in total. The molecule has 86 valence electrons. The summed E-state index contributed by atoms with van der Waals surface area (Å²) in [6, 6.07) is 12.8. The van der Waals surface area contributed by atoms with Gasteiger partial charge in [-0.3, -0.25) is 4.79 Å². The molecular weight excluding hydrogens is 236 g/mol. The highest BCUT2D eigenvalue weighted by molar-refractivity contribution is 6.31. The zero-order chi connectivity index (χ0) is 12.3. The summed E-state index contributed by atoms with van der Waals surface area (Å²) in [6.45, 7) is 0. The maximum absolute atomic E-state index is 11.0. The van der Waals surface area contributed by atoms with Crippen molar-refractivity contribution in [2.45, 2.75) is 0 Å². The van der Waals surface area contributed by atoms with Crippen LogP contribution < -0.4 is 4.74 Å². The van der Waals surface area contributed by atoms with Gasteiger partial charge in [0, 0.05) is 10.6 Å². The highest BCUT2D eigenvalue weighted by Gasteiger charge is 2.05. The van der Waals surface area contributed by atoms with Crippen LogP contribution in [0.2, 0.25) is 5.02 Å². The summed E-state index contributed by atoms with van der Waals surface area (Å²) in [4.78, 5) is 11.0. The Morgan fingerprint density at radius 3 is 2.41 bits per heavy atom. The number of benzene rings is 2. The van der Waals surface area contributed by atoms with E-state index in [-0.39, 0.29) is 0 Å². The van der Waals surface area contributed by atoms with E-state index in [1.165, 1.54) is 0 Å². The fourth-order valence-corrected chi connectivity index (χ4v) is 1.85. The Balaban J connectivity index is 2.48. The molecule has 0 radical (unpaired) electrons. The van der Waals surface area contributed by atoms with Crippen LogP contribution in [0.15, 0.2) is 42.5 Å². The lowest BCUT2D eigenvalue weighted by atomic mass is 10.0. The van der Waals surface area contributed by atoms with Gasteiger partial charge in [-0.25, -0.2) is 0 Å². The Morgan fingerprint density at radius 1 is 1.12 bits per heavy atom. The summed E-state index contributed by atoms with van der Waals surface area (Å²) >= 11 is 5.85. The summed E-state index contributed by atoms with van der Waals surface area (Å²) in [7, 11) is 1.62. The lowest BCUT2D eigenvalue weighted by Crippen LogP contribution is -1.88. The van der Waals surface area contributed by atoms with E-state index < -0.39 is 0 Å². The quantitative estimate of drug-likeness (QED) is 0.770. The second-order valence-electron chi connectivity index (χ2n) is 3.58. The molecule has 0 fully saturated rings. The molecule has 0 heterocycles. The first-order chi connectivity index (χ1) is 8.24. The smallest absolute Gasteiger partial charge is 0.150 e. The standard InChI is InChI=1S/C14H11ClO2/c1-17-13-5-2-10(3-6-13)14-7-4-12(15)8-11(14)9-16/h2-9H,1H3. The Kier molecular flexibility index (Phi) is 3.45. The van der Waals surface area contributed by atoms with Gasteiger partial charge in [0.25, 0.3) is 0 Å². The van der Waals surface area contributed by atoms with Crippen LogP contribution in [0.1, 0.15) is 10.4 Å². The van der Waals surface area contributed by atoms with Gasteiger partial charge in [0.05, 0.1) is 7.11 Å². The number of hydrogen-bond donors (Lipinski definition) is 0. The van der Waals surface area contributed by atoms with Gasteiger partial charge in [-0.05, 0) is 35.4 Å². The molecule has 0 N–H and O–H groups in total. The van der Waals surface area contributed by atoms with E-state index in [2.05, 4.69) is 0 Å². The predicted octanol–water partition coefficient (Wildman–Crippen LogP) is 3.83. The van der Waals surface area contributed by atoms with Gasteiger partial charge in [-0.15, -0.1) is 0 Å². The van der Waals surface area contributed by atoms with E-state index in [1.54, 1.807) is 19.2 Å². The highest BCUT2D eigenvalue weighted by Crippen LogP contribution is 2.27. The highest BCUT2D eigenvalue weighted by atomic mass is 35.5. The number of hydrogen-bond acceptors (Lipinski definition) is 2. The number of halogens is 1. The molecule has 2 rings (SSSR count). The monoisotopic (exact) mass is 246 g/mol. The molecule has 2 aromatic rings. The SMILES string of the molecule is COc1ccc(-c2ccc(Cl)cc2C=O)cc1. The van der Waals surface area contributed by atoms with E-state index in [9.17, 15) is 4.79 Å². The Morgan fingerprint density at radius 2 is 1.82 bits per heavy atom. The summed E-state index contributed by atoms with van der Waals surface area (Å²) in [6.07, 6.45) is 0.811. The number of aldehydes is 1. The van der Waals surface area contributed by atoms with Crippen molar-refractivity contribution < 1.29 is 9.53 Å². The van der Waals surface area contributed by atoms with Gasteiger partial charge >= 0.3 is 0 Å². The maximum atomic E-state index is 11.0. The van der Waals surface area contributed by atoms with Gasteiger partial charge < -0.3 is 4.74 Å². The summed E-state index contributed by atoms with van der Waals surface area (Å²) in [5.74, 6) is 0.787. The van der Waals surface area contributed by atoms with Crippen LogP contribution in [0.3, 0.4) is 0 Å². The summed E-state index contributed by atoms with van der Waals surface area (Å²) in [5.41, 5.74) is 2.42. The third-order valence-electron chi connectivity index (χ3n) is 2.54. The molecule has 0 unspecified atom stereocenters. The average Bonchev–Trinajstić information content (AvgIpc) is 2.39. The van der Waals surface area contributed by atoms with Crippen molar-refractivity contribution in [3.05, 3.63) is 53.1 Å². The zero-order valence-electron chi connectivity index (χ0n) is 9.31. The number of ether oxygens (including phenoxy) is 1. The molecule has 0 bridgehead atoms. The van der Waals surface area contributed by atoms with Crippen LogP contribution >= 0.6 is 11.6 Å². The molecule has 0 aromatic heterocycles. The van der Waals surface area contributed by atoms with Crippen molar-refractivity contribution in [2.24, 2.45) is 0 Å². The Bertz CT molecular complexity index is 532. The van der Waals surface area contributed by atoms with E-state index in [1.807, 2.05) is 30.3 Å². The number of carbonyl (C=O) groups excluding carboxylic acids is 1. The predicted molar refractivity (Wildman–Crippen MR) is 68.8 cm³/mol. The fourth-order valence-electron chi connectivity index (χ4n) is 1.66. The average molecular weight is 247 g/mol. The van der Waals surface area contributed by atoms with Crippen LogP contribution in [-0.2, 0) is 0 Å². The lowest BCUT2D eigenvalue weighted by molar-refractivity contribution is 0.112. The largest absolute Gasteiger partial charge is 0.497 e. The summed E-state index contributed by atoms with van der Waals surface area (Å²) < 4.78 is 5.09. The van der Waals surface area contributed by atoms with Gasteiger partial charge in [0.2, 0.25) is 0 Å². The van der Waals surface area contributed by atoms with Gasteiger partial charge in [-0.2, -0.15) is 0 Å². The van der Waals surface area contributed by atoms with Crippen LogP contribution in [0.5, 0.6) is 5.75 Å². The van der Waals surface area contributed by atoms with Crippen LogP contribution in [-0.4, -0.2) is 13.4 Å². The van der Waals surface area contributed by atoms with Crippen molar-refractivity contribution in [3.8, 4) is 16.9 Å². The molecule has 0 amide bonds. The second-order valence-corrected chi connectivity index (χ2v) is 4.01. The summed E-state index contributed by atoms with van der Waals surface area (Å²) in [5, 5.41) is 0.560. The molecule has 17 heavy (non-hydrogen) atoms. The molecule has 2 aromatic carbocycles. The van der Waals surface area contributed by atoms with Crippen molar-refractivity contribution in [1.29, 1.82) is 0 Å². The van der Waals surface area contributed by atoms with E-state index in [0.29, 0.717) is 10.6 Å². The lowest BCUT2D eigenvalue weighted by Gasteiger charge is -2.06. The third-order valence-corrected chi connectivity index (χ3v) is 2.78. The molecule has 0 aliphatic heterocycles. The van der Waals surface area contributed by atoms with Crippen molar-refractivity contribution >= 4 is 17.9 Å². The molecule has 3 heteroatoms. The van der Waals surface area contributed by atoms with E-state index >= 15 is 0 Å². The van der Waals surface area contributed by atoms with Crippen LogP contribution in [0, 0.1) is 0 Å². The second kappa shape index (κ2) is 5.02. The fraction of sp³-hybridized carbons (Fsp3) is 0.0714. The first kappa shape index (κ1) is 11.7. The topological polar surface area (TPSA) is 26.3 Å². The molecule has 0 saturated carbocycles. The minimum Gasteiger partial charge on any atom is -0.497 e. The van der Waals surface area contributed by atoms with Crippen molar-refractivity contribution in [1.82, 2.24) is 0 Å². The minimum absolute atomic E-state index is 0.560.